The molecule has 0 unspecified atom stereocenters. The van der Waals surface area contributed by atoms with Gasteiger partial charge in [-0.2, -0.15) is 0 Å². The Labute approximate surface area is 384 Å². The summed E-state index contributed by atoms with van der Waals surface area (Å²) in [6.07, 6.45) is 0. The van der Waals surface area contributed by atoms with E-state index in [0.717, 1.165) is 0 Å². The van der Waals surface area contributed by atoms with E-state index in [-0.39, 0.29) is 0 Å². The summed E-state index contributed by atoms with van der Waals surface area (Å²) in [5.41, 5.74) is 14.5. The normalized spacial score (nSPS) is 11.6. The summed E-state index contributed by atoms with van der Waals surface area (Å²) < 4.78 is 0. The molecule has 66 heavy (non-hydrogen) atoms. The molecule has 0 aromatic heterocycles. The second-order valence-electron chi connectivity index (χ2n) is 17.6. The van der Waals surface area contributed by atoms with Crippen LogP contribution >= 0.6 is 0 Å². The highest BCUT2D eigenvalue weighted by Crippen LogP contribution is 2.51. The summed E-state index contributed by atoms with van der Waals surface area (Å²) in [4.78, 5) is 0. The Hall–Kier alpha value is -8.58. The lowest BCUT2D eigenvalue weighted by Gasteiger charge is -2.24. The van der Waals surface area contributed by atoms with Crippen LogP contribution in [0.25, 0.3) is 131 Å². The van der Waals surface area contributed by atoms with Gasteiger partial charge in [-0.1, -0.05) is 218 Å². The van der Waals surface area contributed by atoms with E-state index in [1.165, 1.54) is 131 Å². The molecule has 0 heteroatoms. The van der Waals surface area contributed by atoms with Gasteiger partial charge in [-0.25, -0.2) is 0 Å². The number of hydrogen-bond acceptors (Lipinski definition) is 0. The van der Waals surface area contributed by atoms with E-state index < -0.39 is 0 Å². The summed E-state index contributed by atoms with van der Waals surface area (Å²) >= 11 is 0. The predicted octanol–water partition coefficient (Wildman–Crippen LogP) is 18.6. The Morgan fingerprint density at radius 2 is 0.455 bits per heavy atom. The lowest BCUT2D eigenvalue weighted by atomic mass is 9.79. The first-order valence-corrected chi connectivity index (χ1v) is 22.9. The van der Waals surface area contributed by atoms with Gasteiger partial charge in [0.1, 0.15) is 0 Å². The molecule has 0 saturated heterocycles. The van der Waals surface area contributed by atoms with Gasteiger partial charge in [0, 0.05) is 0 Å². The minimum Gasteiger partial charge on any atom is -0.0616 e. The van der Waals surface area contributed by atoms with Gasteiger partial charge in [0.05, 0.1) is 0 Å². The van der Waals surface area contributed by atoms with Crippen molar-refractivity contribution >= 4 is 64.6 Å². The van der Waals surface area contributed by atoms with Crippen molar-refractivity contribution in [3.05, 3.63) is 255 Å². The fraction of sp³-hybridized carbons (Fsp3) is 0. The number of hydrogen-bond donors (Lipinski definition) is 0. The molecule has 0 aliphatic carbocycles. The predicted molar refractivity (Wildman–Crippen MR) is 284 cm³/mol. The number of benzene rings is 13. The quantitative estimate of drug-likeness (QED) is 0.146. The van der Waals surface area contributed by atoms with E-state index in [0.29, 0.717) is 0 Å². The zero-order valence-corrected chi connectivity index (χ0v) is 36.2. The van der Waals surface area contributed by atoms with Crippen molar-refractivity contribution in [3.63, 3.8) is 0 Å². The first-order chi connectivity index (χ1) is 32.7. The molecule has 0 bridgehead atoms. The molecule has 0 amide bonds. The minimum atomic E-state index is 1.19. The highest BCUT2D eigenvalue weighted by molar-refractivity contribution is 6.28. The molecule has 0 atom stereocenters. The third kappa shape index (κ3) is 6.46. The smallest absolute Gasteiger partial charge is 0.000785 e. The van der Waals surface area contributed by atoms with Crippen LogP contribution in [0.4, 0.5) is 0 Å². The maximum Gasteiger partial charge on any atom is -0.000785 e. The Bertz CT molecular complexity index is 3790. The summed E-state index contributed by atoms with van der Waals surface area (Å²) in [6, 6.07) is 94.7. The van der Waals surface area contributed by atoms with Gasteiger partial charge >= 0.3 is 0 Å². The Kier molecular flexibility index (Phi) is 8.96. The molecule has 0 saturated carbocycles. The highest BCUT2D eigenvalue weighted by Gasteiger charge is 2.24. The van der Waals surface area contributed by atoms with Crippen LogP contribution < -0.4 is 0 Å². The van der Waals surface area contributed by atoms with Crippen LogP contribution in [0, 0.1) is 0 Å². The van der Waals surface area contributed by atoms with Gasteiger partial charge in [-0.05, 0) is 168 Å². The summed E-state index contributed by atoms with van der Waals surface area (Å²) in [6.45, 7) is 0. The molecule has 0 radical (unpaired) electrons. The van der Waals surface area contributed by atoms with Gasteiger partial charge in [0.25, 0.3) is 0 Å². The van der Waals surface area contributed by atoms with E-state index >= 15 is 0 Å². The molecular weight excluding hydrogens is 793 g/mol. The van der Waals surface area contributed by atoms with Crippen LogP contribution in [0.5, 0.6) is 0 Å². The lowest BCUT2D eigenvalue weighted by Crippen LogP contribution is -1.96. The third-order valence-electron chi connectivity index (χ3n) is 13.8. The fourth-order valence-electron chi connectivity index (χ4n) is 10.6. The largest absolute Gasteiger partial charge is 0.0616 e. The number of fused-ring (bicyclic) bond motifs is 6. The lowest BCUT2D eigenvalue weighted by molar-refractivity contribution is 1.61. The van der Waals surface area contributed by atoms with Crippen molar-refractivity contribution in [2.24, 2.45) is 0 Å². The topological polar surface area (TPSA) is 0 Å². The first kappa shape index (κ1) is 37.9. The Balaban J connectivity index is 1.17. The van der Waals surface area contributed by atoms with E-state index in [2.05, 4.69) is 255 Å². The Morgan fingerprint density at radius 1 is 0.167 bits per heavy atom. The maximum absolute atomic E-state index is 2.41. The molecule has 13 rings (SSSR count). The zero-order chi connectivity index (χ0) is 43.6. The van der Waals surface area contributed by atoms with Crippen LogP contribution in [0.1, 0.15) is 0 Å². The summed E-state index contributed by atoms with van der Waals surface area (Å²) in [7, 11) is 0. The van der Waals surface area contributed by atoms with Crippen LogP contribution in [-0.4, -0.2) is 0 Å². The standard InChI is InChI=1S/C66H42/c1-5-17-47-37-53(31-27-43(47)13-1)51-21-11-23-57(41-51)63-61-25-9-10-26-62(61)64(58-24-12-22-52(42-58)54-32-28-44-14-2-6-18-48(44)38-54)66-60(56-34-30-46-16-4-8-20-50(46)40-56)36-35-59(65(63)66)55-33-29-45-15-3-7-19-49(45)39-55/h1-42H. The van der Waals surface area contributed by atoms with Crippen molar-refractivity contribution in [3.8, 4) is 66.8 Å². The maximum atomic E-state index is 2.41. The summed E-state index contributed by atoms with van der Waals surface area (Å²) in [5, 5.41) is 14.8. The van der Waals surface area contributed by atoms with Crippen molar-refractivity contribution in [1.29, 1.82) is 0 Å². The summed E-state index contributed by atoms with van der Waals surface area (Å²) in [5.74, 6) is 0. The minimum absolute atomic E-state index is 1.19. The van der Waals surface area contributed by atoms with Gasteiger partial charge in [-0.3, -0.25) is 0 Å². The molecule has 0 N–H and O–H groups in total. The van der Waals surface area contributed by atoms with E-state index in [1.807, 2.05) is 0 Å². The van der Waals surface area contributed by atoms with E-state index in [9.17, 15) is 0 Å². The van der Waals surface area contributed by atoms with Gasteiger partial charge in [0.2, 0.25) is 0 Å². The SMILES string of the molecule is c1cc(-c2ccc3ccccc3c2)cc(-c2c3ccccc3c(-c3cccc(-c4ccc5ccccc5c4)c3)c3c(-c4ccc5ccccc5c4)ccc(-c4ccc5ccccc5c4)c23)c1. The Morgan fingerprint density at radius 3 is 0.833 bits per heavy atom. The molecule has 306 valence electrons. The molecule has 13 aromatic rings. The van der Waals surface area contributed by atoms with Crippen LogP contribution in [0.15, 0.2) is 255 Å². The monoisotopic (exact) mass is 834 g/mol. The van der Waals surface area contributed by atoms with Gasteiger partial charge < -0.3 is 0 Å². The van der Waals surface area contributed by atoms with Gasteiger partial charge in [0.15, 0.2) is 0 Å². The molecule has 0 aliphatic heterocycles. The molecular formula is C66H42. The van der Waals surface area contributed by atoms with Gasteiger partial charge in [-0.15, -0.1) is 0 Å². The first-order valence-electron chi connectivity index (χ1n) is 22.9. The molecule has 0 spiro atoms. The van der Waals surface area contributed by atoms with Crippen molar-refractivity contribution in [1.82, 2.24) is 0 Å². The average Bonchev–Trinajstić information content (AvgIpc) is 3.39. The van der Waals surface area contributed by atoms with Crippen molar-refractivity contribution in [2.75, 3.05) is 0 Å². The molecule has 13 aromatic carbocycles. The van der Waals surface area contributed by atoms with Crippen molar-refractivity contribution < 1.29 is 0 Å². The van der Waals surface area contributed by atoms with Crippen LogP contribution in [0.3, 0.4) is 0 Å². The second kappa shape index (κ2) is 15.6. The van der Waals surface area contributed by atoms with Crippen LogP contribution in [-0.2, 0) is 0 Å². The average molecular weight is 835 g/mol. The van der Waals surface area contributed by atoms with Crippen molar-refractivity contribution in [2.45, 2.75) is 0 Å². The molecule has 0 nitrogen and oxygen atoms in total. The second-order valence-corrected chi connectivity index (χ2v) is 17.6. The van der Waals surface area contributed by atoms with Crippen LogP contribution in [0.2, 0.25) is 0 Å². The zero-order valence-electron chi connectivity index (χ0n) is 36.2. The third-order valence-corrected chi connectivity index (χ3v) is 13.8. The molecule has 0 aliphatic rings. The highest BCUT2D eigenvalue weighted by atomic mass is 14.3. The molecule has 0 fully saturated rings. The van der Waals surface area contributed by atoms with E-state index in [1.54, 1.807) is 0 Å². The van der Waals surface area contributed by atoms with E-state index in [4.69, 9.17) is 0 Å². The fourth-order valence-corrected chi connectivity index (χ4v) is 10.6. The number of rotatable bonds is 6. The molecule has 0 heterocycles.